The first-order valence-corrected chi connectivity index (χ1v) is 7.87. The summed E-state index contributed by atoms with van der Waals surface area (Å²) < 4.78 is 5.17. The first-order chi connectivity index (χ1) is 11.2. The van der Waals surface area contributed by atoms with Crippen LogP contribution in [0.2, 0.25) is 0 Å². The van der Waals surface area contributed by atoms with Gasteiger partial charge in [-0.25, -0.2) is 0 Å². The second-order valence-corrected chi connectivity index (χ2v) is 5.94. The zero-order chi connectivity index (χ0) is 16.2. The van der Waals surface area contributed by atoms with E-state index in [1.54, 1.807) is 7.11 Å². The van der Waals surface area contributed by atoms with Gasteiger partial charge >= 0.3 is 0 Å². The number of likely N-dealkylation sites (N-methyl/N-ethyl adjacent to an activating group) is 1. The summed E-state index contributed by atoms with van der Waals surface area (Å²) in [6, 6.07) is 16.1. The summed E-state index contributed by atoms with van der Waals surface area (Å²) in [5, 5.41) is 0. The van der Waals surface area contributed by atoms with Gasteiger partial charge < -0.3 is 9.64 Å². The van der Waals surface area contributed by atoms with E-state index >= 15 is 0 Å². The Balaban J connectivity index is 1.59. The minimum Gasteiger partial charge on any atom is -0.497 e. The standard InChI is InChI=1S/C19H22N2O2/c1-20(13-15-7-9-17(23-2)10-8-15)14-19(22)21-12-11-16-5-3-4-6-18(16)21/h3-10H,11-14H2,1-2H3. The van der Waals surface area contributed by atoms with Crippen molar-refractivity contribution in [3.8, 4) is 5.75 Å². The fourth-order valence-electron chi connectivity index (χ4n) is 3.01. The average molecular weight is 310 g/mol. The molecular weight excluding hydrogens is 288 g/mol. The fourth-order valence-corrected chi connectivity index (χ4v) is 3.01. The lowest BCUT2D eigenvalue weighted by atomic mass is 10.2. The fraction of sp³-hybridized carbons (Fsp3) is 0.316. The zero-order valence-corrected chi connectivity index (χ0v) is 13.7. The minimum absolute atomic E-state index is 0.158. The lowest BCUT2D eigenvalue weighted by Gasteiger charge is -2.22. The van der Waals surface area contributed by atoms with Crippen LogP contribution in [-0.4, -0.2) is 38.1 Å². The van der Waals surface area contributed by atoms with Crippen LogP contribution in [0.1, 0.15) is 11.1 Å². The smallest absolute Gasteiger partial charge is 0.241 e. The van der Waals surface area contributed by atoms with Crippen molar-refractivity contribution in [2.75, 3.05) is 32.1 Å². The molecule has 3 rings (SSSR count). The second kappa shape index (κ2) is 6.84. The van der Waals surface area contributed by atoms with E-state index in [1.807, 2.05) is 59.3 Å². The summed E-state index contributed by atoms with van der Waals surface area (Å²) in [5.74, 6) is 1.01. The lowest BCUT2D eigenvalue weighted by Crippen LogP contribution is -2.37. The summed E-state index contributed by atoms with van der Waals surface area (Å²) >= 11 is 0. The zero-order valence-electron chi connectivity index (χ0n) is 13.7. The molecule has 0 radical (unpaired) electrons. The van der Waals surface area contributed by atoms with Gasteiger partial charge in [0.2, 0.25) is 5.91 Å². The van der Waals surface area contributed by atoms with Crippen LogP contribution in [0.3, 0.4) is 0 Å². The van der Waals surface area contributed by atoms with Crippen molar-refractivity contribution in [2.24, 2.45) is 0 Å². The van der Waals surface area contributed by atoms with Gasteiger partial charge in [0.05, 0.1) is 13.7 Å². The monoisotopic (exact) mass is 310 g/mol. The Kier molecular flexibility index (Phi) is 4.63. The van der Waals surface area contributed by atoms with Gasteiger partial charge in [-0.05, 0) is 42.8 Å². The van der Waals surface area contributed by atoms with Crippen LogP contribution in [0.4, 0.5) is 5.69 Å². The Morgan fingerprint density at radius 1 is 1.17 bits per heavy atom. The van der Waals surface area contributed by atoms with Gasteiger partial charge in [0.1, 0.15) is 5.75 Å². The van der Waals surface area contributed by atoms with Gasteiger partial charge in [0.15, 0.2) is 0 Å². The number of anilines is 1. The maximum Gasteiger partial charge on any atom is 0.241 e. The second-order valence-electron chi connectivity index (χ2n) is 5.94. The molecule has 0 N–H and O–H groups in total. The summed E-state index contributed by atoms with van der Waals surface area (Å²) in [7, 11) is 3.64. The first kappa shape index (κ1) is 15.6. The van der Waals surface area contributed by atoms with E-state index in [0.29, 0.717) is 6.54 Å². The molecule has 0 aromatic heterocycles. The third-order valence-corrected chi connectivity index (χ3v) is 4.20. The number of hydrogen-bond acceptors (Lipinski definition) is 3. The Morgan fingerprint density at radius 3 is 2.65 bits per heavy atom. The van der Waals surface area contributed by atoms with E-state index in [1.165, 1.54) is 11.1 Å². The van der Waals surface area contributed by atoms with Crippen molar-refractivity contribution in [3.05, 3.63) is 59.7 Å². The van der Waals surface area contributed by atoms with Crippen molar-refractivity contribution >= 4 is 11.6 Å². The average Bonchev–Trinajstić information content (AvgIpc) is 2.99. The predicted molar refractivity (Wildman–Crippen MR) is 91.8 cm³/mol. The lowest BCUT2D eigenvalue weighted by molar-refractivity contribution is -0.119. The van der Waals surface area contributed by atoms with Crippen molar-refractivity contribution in [1.82, 2.24) is 4.90 Å². The Labute approximate surface area is 137 Å². The van der Waals surface area contributed by atoms with Crippen LogP contribution >= 0.6 is 0 Å². The van der Waals surface area contributed by atoms with Crippen LogP contribution in [0.15, 0.2) is 48.5 Å². The van der Waals surface area contributed by atoms with E-state index in [4.69, 9.17) is 4.74 Å². The van der Waals surface area contributed by atoms with Gasteiger partial charge in [0, 0.05) is 18.8 Å². The van der Waals surface area contributed by atoms with E-state index in [-0.39, 0.29) is 5.91 Å². The van der Waals surface area contributed by atoms with Crippen molar-refractivity contribution < 1.29 is 9.53 Å². The van der Waals surface area contributed by atoms with E-state index in [9.17, 15) is 4.79 Å². The summed E-state index contributed by atoms with van der Waals surface area (Å²) in [4.78, 5) is 16.5. The number of fused-ring (bicyclic) bond motifs is 1. The van der Waals surface area contributed by atoms with Crippen LogP contribution in [0.25, 0.3) is 0 Å². The van der Waals surface area contributed by atoms with Gasteiger partial charge in [-0.2, -0.15) is 0 Å². The molecule has 0 spiro atoms. The highest BCUT2D eigenvalue weighted by atomic mass is 16.5. The molecule has 0 bridgehead atoms. The SMILES string of the molecule is COc1ccc(CN(C)CC(=O)N2CCc3ccccc32)cc1. The molecule has 23 heavy (non-hydrogen) atoms. The maximum absolute atomic E-state index is 12.6. The Morgan fingerprint density at radius 2 is 1.91 bits per heavy atom. The minimum atomic E-state index is 0.158. The molecule has 1 aliphatic rings. The molecular formula is C19H22N2O2. The number of benzene rings is 2. The highest BCUT2D eigenvalue weighted by molar-refractivity contribution is 5.96. The van der Waals surface area contributed by atoms with Gasteiger partial charge in [-0.1, -0.05) is 30.3 Å². The van der Waals surface area contributed by atoms with Crippen molar-refractivity contribution in [2.45, 2.75) is 13.0 Å². The number of hydrogen-bond donors (Lipinski definition) is 0. The molecule has 0 fully saturated rings. The summed E-state index contributed by atoms with van der Waals surface area (Å²) in [6.07, 6.45) is 0.949. The van der Waals surface area contributed by atoms with Crippen LogP contribution in [0, 0.1) is 0 Å². The van der Waals surface area contributed by atoms with Crippen LogP contribution < -0.4 is 9.64 Å². The van der Waals surface area contributed by atoms with Gasteiger partial charge in [-0.3, -0.25) is 9.69 Å². The summed E-state index contributed by atoms with van der Waals surface area (Å²) in [5.41, 5.74) is 3.50. The molecule has 2 aromatic carbocycles. The third kappa shape index (κ3) is 3.54. The normalized spacial score (nSPS) is 13.3. The molecule has 2 aromatic rings. The molecule has 0 atom stereocenters. The van der Waals surface area contributed by atoms with Crippen LogP contribution in [0.5, 0.6) is 5.75 Å². The number of carbonyl (C=O) groups is 1. The number of rotatable bonds is 5. The number of amides is 1. The van der Waals surface area contributed by atoms with Gasteiger partial charge in [0.25, 0.3) is 0 Å². The van der Waals surface area contributed by atoms with E-state index < -0.39 is 0 Å². The number of para-hydroxylation sites is 1. The topological polar surface area (TPSA) is 32.8 Å². The molecule has 1 amide bonds. The number of methoxy groups -OCH3 is 1. The molecule has 0 saturated heterocycles. The van der Waals surface area contributed by atoms with E-state index in [2.05, 4.69) is 6.07 Å². The van der Waals surface area contributed by atoms with Gasteiger partial charge in [-0.15, -0.1) is 0 Å². The third-order valence-electron chi connectivity index (χ3n) is 4.20. The predicted octanol–water partition coefficient (Wildman–Crippen LogP) is 2.72. The maximum atomic E-state index is 12.6. The Hall–Kier alpha value is -2.33. The number of ether oxygens (including phenoxy) is 1. The number of nitrogens with zero attached hydrogens (tertiary/aromatic N) is 2. The molecule has 1 heterocycles. The summed E-state index contributed by atoms with van der Waals surface area (Å²) in [6.45, 7) is 1.94. The molecule has 0 unspecified atom stereocenters. The quantitative estimate of drug-likeness (QED) is 0.851. The largest absolute Gasteiger partial charge is 0.497 e. The molecule has 120 valence electrons. The van der Waals surface area contributed by atoms with Crippen LogP contribution in [-0.2, 0) is 17.8 Å². The molecule has 0 saturated carbocycles. The highest BCUT2D eigenvalue weighted by Crippen LogP contribution is 2.27. The molecule has 4 nitrogen and oxygen atoms in total. The Bertz CT molecular complexity index is 682. The first-order valence-electron chi connectivity index (χ1n) is 7.87. The molecule has 0 aliphatic carbocycles. The van der Waals surface area contributed by atoms with Crippen molar-refractivity contribution in [1.29, 1.82) is 0 Å². The number of carbonyl (C=O) groups excluding carboxylic acids is 1. The molecule has 1 aliphatic heterocycles. The molecule has 4 heteroatoms. The highest BCUT2D eigenvalue weighted by Gasteiger charge is 2.24. The van der Waals surface area contributed by atoms with Crippen molar-refractivity contribution in [3.63, 3.8) is 0 Å². The van der Waals surface area contributed by atoms with E-state index in [0.717, 1.165) is 30.9 Å².